The smallest absolute Gasteiger partial charge is 0.129 e. The first-order valence-electron chi connectivity index (χ1n) is 6.55. The summed E-state index contributed by atoms with van der Waals surface area (Å²) in [5.74, 6) is -0.179. The molecular formula is C15H20BrFO. The van der Waals surface area contributed by atoms with Crippen LogP contribution in [0.1, 0.15) is 51.2 Å². The Hall–Kier alpha value is -0.410. The van der Waals surface area contributed by atoms with Crippen LogP contribution in [0.25, 0.3) is 0 Å². The number of aliphatic hydroxyl groups excluding tert-OH is 1. The summed E-state index contributed by atoms with van der Waals surface area (Å²) in [7, 11) is 0. The quantitative estimate of drug-likeness (QED) is 0.828. The molecule has 18 heavy (non-hydrogen) atoms. The molecule has 0 amide bonds. The van der Waals surface area contributed by atoms with Gasteiger partial charge in [0.25, 0.3) is 0 Å². The molecule has 1 aromatic carbocycles. The minimum absolute atomic E-state index is 0.0758. The molecule has 0 aliphatic heterocycles. The topological polar surface area (TPSA) is 20.2 Å². The summed E-state index contributed by atoms with van der Waals surface area (Å²) < 4.78 is 14.7. The van der Waals surface area contributed by atoms with Gasteiger partial charge in [0.2, 0.25) is 0 Å². The molecule has 100 valence electrons. The van der Waals surface area contributed by atoms with Crippen molar-refractivity contribution in [2.24, 2.45) is 11.3 Å². The first-order chi connectivity index (χ1) is 8.42. The predicted molar refractivity (Wildman–Crippen MR) is 74.8 cm³/mol. The van der Waals surface area contributed by atoms with Gasteiger partial charge in [0.05, 0.1) is 6.10 Å². The normalized spacial score (nSPS) is 24.8. The lowest BCUT2D eigenvalue weighted by Gasteiger charge is -2.41. The third kappa shape index (κ3) is 2.77. The van der Waals surface area contributed by atoms with Crippen LogP contribution in [0.5, 0.6) is 0 Å². The molecule has 1 aliphatic carbocycles. The van der Waals surface area contributed by atoms with E-state index in [1.54, 1.807) is 12.1 Å². The first kappa shape index (κ1) is 14.0. The van der Waals surface area contributed by atoms with Gasteiger partial charge >= 0.3 is 0 Å². The fourth-order valence-corrected chi connectivity index (χ4v) is 3.44. The second-order valence-corrected chi connectivity index (χ2v) is 6.87. The van der Waals surface area contributed by atoms with E-state index in [-0.39, 0.29) is 17.2 Å². The molecule has 2 atom stereocenters. The monoisotopic (exact) mass is 314 g/mol. The second kappa shape index (κ2) is 5.30. The van der Waals surface area contributed by atoms with Crippen LogP contribution in [0, 0.1) is 17.2 Å². The van der Waals surface area contributed by atoms with Gasteiger partial charge in [-0.2, -0.15) is 0 Å². The van der Waals surface area contributed by atoms with E-state index in [1.165, 1.54) is 12.5 Å². The van der Waals surface area contributed by atoms with Gasteiger partial charge in [-0.3, -0.25) is 0 Å². The van der Waals surface area contributed by atoms with Crippen molar-refractivity contribution in [1.82, 2.24) is 0 Å². The van der Waals surface area contributed by atoms with Crippen molar-refractivity contribution < 1.29 is 9.50 Å². The Morgan fingerprint density at radius 1 is 1.39 bits per heavy atom. The number of hydrogen-bond donors (Lipinski definition) is 1. The Bertz CT molecular complexity index is 431. The van der Waals surface area contributed by atoms with E-state index in [0.717, 1.165) is 23.7 Å². The number of hydrogen-bond acceptors (Lipinski definition) is 1. The Kier molecular flexibility index (Phi) is 4.12. The van der Waals surface area contributed by atoms with E-state index < -0.39 is 6.10 Å². The fraction of sp³-hybridized carbons (Fsp3) is 0.600. The highest BCUT2D eigenvalue weighted by atomic mass is 79.9. The van der Waals surface area contributed by atoms with Crippen LogP contribution in [0.2, 0.25) is 0 Å². The number of rotatable bonds is 2. The van der Waals surface area contributed by atoms with Gasteiger partial charge in [-0.1, -0.05) is 42.6 Å². The maximum Gasteiger partial charge on any atom is 0.129 e. The standard InChI is InChI=1S/C15H20BrFO/c1-15(2)8-4-3-5-12(15)14(18)11-9-10(16)6-7-13(11)17/h6-7,9,12,14,18H,3-5,8H2,1-2H3. The van der Waals surface area contributed by atoms with Crippen LogP contribution in [-0.2, 0) is 0 Å². The van der Waals surface area contributed by atoms with Gasteiger partial charge < -0.3 is 5.11 Å². The van der Waals surface area contributed by atoms with E-state index in [2.05, 4.69) is 29.8 Å². The molecule has 0 radical (unpaired) electrons. The van der Waals surface area contributed by atoms with Crippen LogP contribution in [0.3, 0.4) is 0 Å². The third-order valence-corrected chi connectivity index (χ3v) is 4.74. The minimum atomic E-state index is -0.710. The molecule has 1 nitrogen and oxygen atoms in total. The third-order valence-electron chi connectivity index (χ3n) is 4.25. The highest BCUT2D eigenvalue weighted by Gasteiger charge is 2.38. The maximum absolute atomic E-state index is 13.8. The van der Waals surface area contributed by atoms with Crippen molar-refractivity contribution in [3.05, 3.63) is 34.1 Å². The largest absolute Gasteiger partial charge is 0.388 e. The summed E-state index contributed by atoms with van der Waals surface area (Å²) in [5, 5.41) is 10.5. The summed E-state index contributed by atoms with van der Waals surface area (Å²) in [4.78, 5) is 0. The van der Waals surface area contributed by atoms with Crippen LogP contribution >= 0.6 is 15.9 Å². The van der Waals surface area contributed by atoms with Crippen molar-refractivity contribution in [3.63, 3.8) is 0 Å². The van der Waals surface area contributed by atoms with Crippen molar-refractivity contribution in [1.29, 1.82) is 0 Å². The lowest BCUT2D eigenvalue weighted by atomic mass is 9.65. The molecule has 3 heteroatoms. The number of halogens is 2. The van der Waals surface area contributed by atoms with E-state index in [4.69, 9.17) is 0 Å². The molecule has 0 bridgehead atoms. The fourth-order valence-electron chi connectivity index (χ4n) is 3.06. The molecule has 1 fully saturated rings. The average Bonchev–Trinajstić information content (AvgIpc) is 2.31. The molecule has 1 N–H and O–H groups in total. The van der Waals surface area contributed by atoms with Gasteiger partial charge in [-0.25, -0.2) is 4.39 Å². The number of aliphatic hydroxyl groups is 1. The summed E-state index contributed by atoms with van der Waals surface area (Å²) in [6.45, 7) is 4.35. The molecule has 2 rings (SSSR count). The van der Waals surface area contributed by atoms with Crippen molar-refractivity contribution in [2.45, 2.75) is 45.6 Å². The van der Waals surface area contributed by atoms with Gasteiger partial charge in [0.1, 0.15) is 5.82 Å². The first-order valence-corrected chi connectivity index (χ1v) is 7.34. The van der Waals surface area contributed by atoms with Crippen LogP contribution in [0.15, 0.2) is 22.7 Å². The molecule has 1 aromatic rings. The Balaban J connectivity index is 2.29. The molecule has 0 spiro atoms. The maximum atomic E-state index is 13.8. The molecule has 0 saturated heterocycles. The zero-order valence-corrected chi connectivity index (χ0v) is 12.5. The summed E-state index contributed by atoms with van der Waals surface area (Å²) in [6, 6.07) is 4.78. The second-order valence-electron chi connectivity index (χ2n) is 5.95. The van der Waals surface area contributed by atoms with E-state index in [9.17, 15) is 9.50 Å². The van der Waals surface area contributed by atoms with Gasteiger partial charge in [-0.15, -0.1) is 0 Å². The average molecular weight is 315 g/mol. The van der Waals surface area contributed by atoms with Crippen molar-refractivity contribution in [2.75, 3.05) is 0 Å². The lowest BCUT2D eigenvalue weighted by Crippen LogP contribution is -2.33. The lowest BCUT2D eigenvalue weighted by molar-refractivity contribution is 0.00197. The molecular weight excluding hydrogens is 295 g/mol. The zero-order valence-electron chi connectivity index (χ0n) is 10.9. The molecule has 1 saturated carbocycles. The van der Waals surface area contributed by atoms with E-state index in [1.807, 2.05) is 0 Å². The van der Waals surface area contributed by atoms with E-state index in [0.29, 0.717) is 5.56 Å². The SMILES string of the molecule is CC1(C)CCCCC1C(O)c1cc(Br)ccc1F. The van der Waals surface area contributed by atoms with Crippen LogP contribution in [0.4, 0.5) is 4.39 Å². The van der Waals surface area contributed by atoms with Gasteiger partial charge in [0, 0.05) is 10.0 Å². The predicted octanol–water partition coefficient (Wildman–Crippen LogP) is 4.84. The molecule has 0 aromatic heterocycles. The van der Waals surface area contributed by atoms with Gasteiger partial charge in [-0.05, 0) is 42.4 Å². The number of benzene rings is 1. The highest BCUT2D eigenvalue weighted by molar-refractivity contribution is 9.10. The zero-order chi connectivity index (χ0) is 13.3. The van der Waals surface area contributed by atoms with Crippen LogP contribution < -0.4 is 0 Å². The van der Waals surface area contributed by atoms with E-state index >= 15 is 0 Å². The van der Waals surface area contributed by atoms with Gasteiger partial charge in [0.15, 0.2) is 0 Å². The summed E-state index contributed by atoms with van der Waals surface area (Å²) in [5.41, 5.74) is 0.497. The molecule has 0 heterocycles. The Labute approximate surface area is 117 Å². The molecule has 2 unspecified atom stereocenters. The Morgan fingerprint density at radius 2 is 2.11 bits per heavy atom. The Morgan fingerprint density at radius 3 is 2.78 bits per heavy atom. The minimum Gasteiger partial charge on any atom is -0.388 e. The molecule has 1 aliphatic rings. The summed E-state index contributed by atoms with van der Waals surface area (Å²) >= 11 is 3.34. The van der Waals surface area contributed by atoms with Crippen LogP contribution in [-0.4, -0.2) is 5.11 Å². The highest BCUT2D eigenvalue weighted by Crippen LogP contribution is 2.47. The van der Waals surface area contributed by atoms with Crippen molar-refractivity contribution >= 4 is 15.9 Å². The van der Waals surface area contributed by atoms with Crippen molar-refractivity contribution in [3.8, 4) is 0 Å². The summed E-state index contributed by atoms with van der Waals surface area (Å²) in [6.07, 6.45) is 3.69.